The van der Waals surface area contributed by atoms with Crippen molar-refractivity contribution in [1.82, 2.24) is 5.32 Å². The number of nitro groups is 1. The van der Waals surface area contributed by atoms with E-state index >= 15 is 0 Å². The monoisotopic (exact) mass is 363 g/mol. The van der Waals surface area contributed by atoms with E-state index in [1.54, 1.807) is 12.1 Å². The molecule has 26 heavy (non-hydrogen) atoms. The molecule has 7 nitrogen and oxygen atoms in total. The number of nitrogens with zero attached hydrogens (tertiary/aromatic N) is 1. The molecular formula is C19H29N3O4. The van der Waals surface area contributed by atoms with Gasteiger partial charge < -0.3 is 15.4 Å². The fourth-order valence-electron chi connectivity index (χ4n) is 3.04. The number of unbranched alkanes of at least 4 members (excludes halogenated alkanes) is 4. The maximum Gasteiger partial charge on any atom is 0.293 e. The number of amides is 1. The lowest BCUT2D eigenvalue weighted by atomic mass is 10.1. The van der Waals surface area contributed by atoms with Crippen LogP contribution in [0.5, 0.6) is 0 Å². The fraction of sp³-hybridized carbons (Fsp3) is 0.632. The van der Waals surface area contributed by atoms with Crippen LogP contribution in [0.1, 0.15) is 62.2 Å². The molecule has 7 heteroatoms. The van der Waals surface area contributed by atoms with Gasteiger partial charge in [0.15, 0.2) is 0 Å². The number of anilines is 1. The number of rotatable bonds is 11. The first-order valence-corrected chi connectivity index (χ1v) is 9.54. The van der Waals surface area contributed by atoms with Crippen LogP contribution in [0.25, 0.3) is 0 Å². The first-order chi connectivity index (χ1) is 12.6. The Kier molecular flexibility index (Phi) is 8.34. The molecule has 1 fully saturated rings. The van der Waals surface area contributed by atoms with Crippen molar-refractivity contribution in [3.05, 3.63) is 33.9 Å². The summed E-state index contributed by atoms with van der Waals surface area (Å²) in [5.41, 5.74) is 0.646. The Bertz CT molecular complexity index is 600. The molecule has 0 radical (unpaired) electrons. The van der Waals surface area contributed by atoms with Gasteiger partial charge in [-0.2, -0.15) is 0 Å². The molecule has 1 atom stereocenters. The minimum atomic E-state index is -0.459. The van der Waals surface area contributed by atoms with Crippen molar-refractivity contribution in [2.45, 2.75) is 58.0 Å². The summed E-state index contributed by atoms with van der Waals surface area (Å²) in [6.07, 6.45) is 7.64. The Hall–Kier alpha value is -2.15. The summed E-state index contributed by atoms with van der Waals surface area (Å²) in [6.45, 7) is 4.03. The molecule has 0 aliphatic carbocycles. The summed E-state index contributed by atoms with van der Waals surface area (Å²) < 4.78 is 5.52. The van der Waals surface area contributed by atoms with Crippen LogP contribution in [0.2, 0.25) is 0 Å². The fourth-order valence-corrected chi connectivity index (χ4v) is 3.04. The normalized spacial score (nSPS) is 16.4. The van der Waals surface area contributed by atoms with E-state index in [0.29, 0.717) is 24.3 Å². The number of carbonyl (C=O) groups excluding carboxylic acids is 1. The molecule has 0 spiro atoms. The Balaban J connectivity index is 1.89. The molecule has 2 N–H and O–H groups in total. The van der Waals surface area contributed by atoms with E-state index in [-0.39, 0.29) is 17.7 Å². The molecule has 0 bridgehead atoms. The first kappa shape index (κ1) is 20.2. The maximum atomic E-state index is 12.2. The van der Waals surface area contributed by atoms with E-state index in [0.717, 1.165) is 32.3 Å². The van der Waals surface area contributed by atoms with Crippen LogP contribution in [0.15, 0.2) is 18.2 Å². The van der Waals surface area contributed by atoms with E-state index in [9.17, 15) is 14.9 Å². The Morgan fingerprint density at radius 2 is 2.12 bits per heavy atom. The summed E-state index contributed by atoms with van der Waals surface area (Å²) in [7, 11) is 0. The van der Waals surface area contributed by atoms with Gasteiger partial charge in [0.25, 0.3) is 11.6 Å². The number of nitrogens with one attached hydrogen (secondary N) is 2. The predicted molar refractivity (Wildman–Crippen MR) is 102 cm³/mol. The molecule has 0 saturated carbocycles. The van der Waals surface area contributed by atoms with Crippen LogP contribution >= 0.6 is 0 Å². The third-order valence-electron chi connectivity index (χ3n) is 4.57. The lowest BCUT2D eigenvalue weighted by Gasteiger charge is -2.13. The van der Waals surface area contributed by atoms with Gasteiger partial charge >= 0.3 is 0 Å². The van der Waals surface area contributed by atoms with E-state index in [1.165, 1.54) is 25.3 Å². The average molecular weight is 363 g/mol. The second-order valence-corrected chi connectivity index (χ2v) is 6.68. The van der Waals surface area contributed by atoms with Gasteiger partial charge in [0.05, 0.1) is 11.0 Å². The number of hydrogen-bond donors (Lipinski definition) is 2. The molecule has 1 amide bonds. The van der Waals surface area contributed by atoms with Gasteiger partial charge in [-0.05, 0) is 31.4 Å². The highest BCUT2D eigenvalue weighted by Crippen LogP contribution is 2.26. The van der Waals surface area contributed by atoms with Crippen molar-refractivity contribution in [2.75, 3.05) is 25.0 Å². The van der Waals surface area contributed by atoms with E-state index in [4.69, 9.17) is 4.74 Å². The Morgan fingerprint density at radius 3 is 2.81 bits per heavy atom. The van der Waals surface area contributed by atoms with Crippen LogP contribution in [-0.4, -0.2) is 36.6 Å². The van der Waals surface area contributed by atoms with E-state index in [1.807, 2.05) is 0 Å². The quantitative estimate of drug-likeness (QED) is 0.353. The van der Waals surface area contributed by atoms with Gasteiger partial charge in [-0.25, -0.2) is 0 Å². The third-order valence-corrected chi connectivity index (χ3v) is 4.57. The largest absolute Gasteiger partial charge is 0.377 e. The third kappa shape index (κ3) is 6.29. The highest BCUT2D eigenvalue weighted by atomic mass is 16.6. The molecule has 1 unspecified atom stereocenters. The van der Waals surface area contributed by atoms with Crippen LogP contribution < -0.4 is 10.6 Å². The summed E-state index contributed by atoms with van der Waals surface area (Å²) in [6, 6.07) is 4.56. The maximum absolute atomic E-state index is 12.2. The summed E-state index contributed by atoms with van der Waals surface area (Å²) >= 11 is 0. The van der Waals surface area contributed by atoms with Crippen molar-refractivity contribution < 1.29 is 14.5 Å². The molecule has 1 aromatic carbocycles. The number of benzene rings is 1. The molecule has 1 heterocycles. The SMILES string of the molecule is CCCCCCCNC(=O)c1ccc(NCC2CCCO2)c([N+](=O)[O-])c1. The van der Waals surface area contributed by atoms with Crippen LogP contribution in [-0.2, 0) is 4.74 Å². The van der Waals surface area contributed by atoms with Gasteiger partial charge in [0.1, 0.15) is 5.69 Å². The molecular weight excluding hydrogens is 334 g/mol. The molecule has 1 aromatic rings. The van der Waals surface area contributed by atoms with Gasteiger partial charge in [0.2, 0.25) is 0 Å². The van der Waals surface area contributed by atoms with E-state index < -0.39 is 4.92 Å². The van der Waals surface area contributed by atoms with Crippen molar-refractivity contribution in [2.24, 2.45) is 0 Å². The average Bonchev–Trinajstić information content (AvgIpc) is 3.16. The second kappa shape index (κ2) is 10.8. The Morgan fingerprint density at radius 1 is 1.31 bits per heavy atom. The number of ether oxygens (including phenoxy) is 1. The zero-order valence-corrected chi connectivity index (χ0v) is 15.5. The molecule has 1 saturated heterocycles. The second-order valence-electron chi connectivity index (χ2n) is 6.68. The highest BCUT2D eigenvalue weighted by Gasteiger charge is 2.20. The van der Waals surface area contributed by atoms with E-state index in [2.05, 4.69) is 17.6 Å². The van der Waals surface area contributed by atoms with Gasteiger partial charge in [-0.3, -0.25) is 14.9 Å². The Labute approximate surface area is 154 Å². The van der Waals surface area contributed by atoms with Crippen LogP contribution in [0.4, 0.5) is 11.4 Å². The summed E-state index contributed by atoms with van der Waals surface area (Å²) in [5, 5.41) is 17.3. The lowest BCUT2D eigenvalue weighted by molar-refractivity contribution is -0.384. The summed E-state index contributed by atoms with van der Waals surface area (Å²) in [5.74, 6) is -0.269. The summed E-state index contributed by atoms with van der Waals surface area (Å²) in [4.78, 5) is 23.1. The van der Waals surface area contributed by atoms with Gasteiger partial charge in [0, 0.05) is 31.3 Å². The number of nitro benzene ring substituents is 1. The first-order valence-electron chi connectivity index (χ1n) is 9.54. The molecule has 1 aliphatic rings. The zero-order chi connectivity index (χ0) is 18.8. The van der Waals surface area contributed by atoms with Gasteiger partial charge in [-0.1, -0.05) is 32.6 Å². The lowest BCUT2D eigenvalue weighted by Crippen LogP contribution is -2.24. The molecule has 1 aliphatic heterocycles. The topological polar surface area (TPSA) is 93.5 Å². The van der Waals surface area contributed by atoms with Crippen LogP contribution in [0, 0.1) is 10.1 Å². The number of carbonyl (C=O) groups is 1. The predicted octanol–water partition coefficient (Wildman–Crippen LogP) is 3.89. The molecule has 144 valence electrons. The van der Waals surface area contributed by atoms with Crippen molar-refractivity contribution in [3.8, 4) is 0 Å². The molecule has 2 rings (SSSR count). The highest BCUT2D eigenvalue weighted by molar-refractivity contribution is 5.95. The molecule has 0 aromatic heterocycles. The van der Waals surface area contributed by atoms with Gasteiger partial charge in [-0.15, -0.1) is 0 Å². The van der Waals surface area contributed by atoms with Crippen LogP contribution in [0.3, 0.4) is 0 Å². The van der Waals surface area contributed by atoms with Crippen molar-refractivity contribution >= 4 is 17.3 Å². The zero-order valence-electron chi connectivity index (χ0n) is 15.5. The standard InChI is InChI=1S/C19H29N3O4/c1-2-3-4-5-6-11-20-19(23)15-9-10-17(18(13-15)22(24)25)21-14-16-8-7-12-26-16/h9-10,13,16,21H,2-8,11-12,14H2,1H3,(H,20,23). The van der Waals surface area contributed by atoms with Crippen molar-refractivity contribution in [3.63, 3.8) is 0 Å². The van der Waals surface area contributed by atoms with Crippen molar-refractivity contribution in [1.29, 1.82) is 0 Å². The smallest absolute Gasteiger partial charge is 0.293 e. The number of hydrogen-bond acceptors (Lipinski definition) is 5. The minimum Gasteiger partial charge on any atom is -0.377 e. The minimum absolute atomic E-state index is 0.0846.